The molecule has 1 saturated heterocycles. The second-order valence-corrected chi connectivity index (χ2v) is 8.84. The van der Waals surface area contributed by atoms with Crippen LogP contribution in [-0.2, 0) is 9.59 Å². The van der Waals surface area contributed by atoms with Crippen LogP contribution >= 0.6 is 0 Å². The zero-order valence-corrected chi connectivity index (χ0v) is 19.7. The second-order valence-electron chi connectivity index (χ2n) is 8.84. The van der Waals surface area contributed by atoms with Crippen LogP contribution in [0.4, 0.5) is 10.2 Å². The van der Waals surface area contributed by atoms with E-state index in [1.807, 2.05) is 0 Å². The van der Waals surface area contributed by atoms with Gasteiger partial charge < -0.3 is 25.7 Å². The number of hydrogen-bond acceptors (Lipinski definition) is 9. The Balaban J connectivity index is 1.43. The van der Waals surface area contributed by atoms with E-state index in [0.29, 0.717) is 17.1 Å². The molecule has 5 N–H and O–H groups in total. The molecule has 2 fully saturated rings. The van der Waals surface area contributed by atoms with Crippen molar-refractivity contribution in [2.24, 2.45) is 17.5 Å². The Bertz CT molecular complexity index is 1220. The van der Waals surface area contributed by atoms with Gasteiger partial charge in [-0.25, -0.2) is 20.2 Å². The summed E-state index contributed by atoms with van der Waals surface area (Å²) < 4.78 is 20.8. The van der Waals surface area contributed by atoms with Crippen molar-refractivity contribution in [3.05, 3.63) is 48.1 Å². The molecule has 1 aliphatic heterocycles. The summed E-state index contributed by atoms with van der Waals surface area (Å²) >= 11 is 0. The lowest BCUT2D eigenvalue weighted by Gasteiger charge is -2.35. The third-order valence-corrected chi connectivity index (χ3v) is 5.90. The molecule has 2 unspecified atom stereocenters. The van der Waals surface area contributed by atoms with Crippen LogP contribution in [0.2, 0.25) is 0 Å². The second kappa shape index (κ2) is 10.6. The summed E-state index contributed by atoms with van der Waals surface area (Å²) in [4.78, 5) is 34.0. The SMILES string of the molecule is CN(N)/C=C(\N)C(=O)N1CCC(Oc2ccc(-c3cc(NC(=O)C4CC4)ncn3)cc2C#N)C(F)C1. The van der Waals surface area contributed by atoms with Crippen molar-refractivity contribution < 1.29 is 18.7 Å². The fraction of sp³-hybridized carbons (Fsp3) is 0.375. The van der Waals surface area contributed by atoms with Gasteiger partial charge in [0.15, 0.2) is 6.17 Å². The van der Waals surface area contributed by atoms with Crippen molar-refractivity contribution in [3.8, 4) is 23.1 Å². The van der Waals surface area contributed by atoms with Crippen molar-refractivity contribution in [2.45, 2.75) is 31.5 Å². The van der Waals surface area contributed by atoms with Gasteiger partial charge >= 0.3 is 0 Å². The third-order valence-electron chi connectivity index (χ3n) is 5.90. The van der Waals surface area contributed by atoms with Crippen LogP contribution in [0.15, 0.2) is 42.5 Å². The molecule has 0 spiro atoms. The molecular formula is C24H27FN8O3. The van der Waals surface area contributed by atoms with Crippen molar-refractivity contribution in [1.82, 2.24) is 19.9 Å². The molecule has 188 valence electrons. The summed E-state index contributed by atoms with van der Waals surface area (Å²) in [6, 6.07) is 8.58. The molecule has 11 nitrogen and oxygen atoms in total. The van der Waals surface area contributed by atoms with E-state index in [1.54, 1.807) is 24.3 Å². The minimum Gasteiger partial charge on any atom is -0.486 e. The van der Waals surface area contributed by atoms with Crippen LogP contribution in [0.1, 0.15) is 24.8 Å². The summed E-state index contributed by atoms with van der Waals surface area (Å²) in [5, 5.41) is 13.6. The Morgan fingerprint density at radius 1 is 1.31 bits per heavy atom. The van der Waals surface area contributed by atoms with Crippen LogP contribution in [0.3, 0.4) is 0 Å². The number of nitrogens with zero attached hydrogens (tertiary/aromatic N) is 5. The summed E-state index contributed by atoms with van der Waals surface area (Å²) in [6.07, 6.45) is 2.27. The number of nitriles is 1. The number of nitrogens with two attached hydrogens (primary N) is 2. The molecule has 1 aliphatic carbocycles. The monoisotopic (exact) mass is 494 g/mol. The van der Waals surface area contributed by atoms with Gasteiger partial charge in [-0.05, 0) is 31.0 Å². The Morgan fingerprint density at radius 2 is 2.08 bits per heavy atom. The van der Waals surface area contributed by atoms with E-state index in [4.69, 9.17) is 16.3 Å². The number of piperidine rings is 1. The quantitative estimate of drug-likeness (QED) is 0.292. The van der Waals surface area contributed by atoms with E-state index in [1.165, 1.54) is 24.5 Å². The number of ether oxygens (including phenoxy) is 1. The van der Waals surface area contributed by atoms with Crippen LogP contribution in [-0.4, -0.2) is 64.1 Å². The molecule has 12 heteroatoms. The zero-order valence-electron chi connectivity index (χ0n) is 19.7. The van der Waals surface area contributed by atoms with Gasteiger partial charge in [-0.2, -0.15) is 5.26 Å². The fourth-order valence-electron chi connectivity index (χ4n) is 3.86. The van der Waals surface area contributed by atoms with E-state index in [-0.39, 0.29) is 48.3 Å². The predicted molar refractivity (Wildman–Crippen MR) is 128 cm³/mol. The Hall–Kier alpha value is -4.24. The Kier molecular flexibility index (Phi) is 7.30. The highest BCUT2D eigenvalue weighted by atomic mass is 19.1. The highest BCUT2D eigenvalue weighted by Gasteiger charge is 2.34. The molecule has 4 rings (SSSR count). The number of nitrogens with one attached hydrogen (secondary N) is 1. The van der Waals surface area contributed by atoms with Crippen LogP contribution in [0.5, 0.6) is 5.75 Å². The number of carbonyl (C=O) groups is 2. The van der Waals surface area contributed by atoms with E-state index >= 15 is 0 Å². The van der Waals surface area contributed by atoms with Gasteiger partial charge in [-0.15, -0.1) is 0 Å². The lowest BCUT2D eigenvalue weighted by Crippen LogP contribution is -2.50. The largest absolute Gasteiger partial charge is 0.486 e. The number of hydrazine groups is 1. The number of amides is 2. The first-order chi connectivity index (χ1) is 17.2. The minimum absolute atomic E-state index is 0.0378. The van der Waals surface area contributed by atoms with E-state index < -0.39 is 18.2 Å². The van der Waals surface area contributed by atoms with Crippen molar-refractivity contribution >= 4 is 17.6 Å². The summed E-state index contributed by atoms with van der Waals surface area (Å²) in [5.41, 5.74) is 6.98. The molecule has 2 aliphatic rings. The first-order valence-corrected chi connectivity index (χ1v) is 11.5. The number of hydrogen-bond donors (Lipinski definition) is 3. The maximum atomic E-state index is 14.9. The van der Waals surface area contributed by atoms with Gasteiger partial charge in [-0.1, -0.05) is 0 Å². The maximum absolute atomic E-state index is 14.9. The molecule has 1 saturated carbocycles. The Morgan fingerprint density at radius 3 is 2.75 bits per heavy atom. The standard InChI is InChI=1S/C24H27FN8O3/c1-32(28)12-18(27)24(35)33-7-6-21(17(25)11-33)36-20-5-4-15(8-16(20)10-26)19-9-22(30-13-29-19)31-23(34)14-2-3-14/h4-5,8-9,12-14,17,21H,2-3,6-7,11,27-28H2,1H3,(H,29,30,31,34)/b18-12-. The molecule has 2 heterocycles. The van der Waals surface area contributed by atoms with E-state index in [2.05, 4.69) is 21.4 Å². The van der Waals surface area contributed by atoms with Crippen molar-refractivity contribution in [3.63, 3.8) is 0 Å². The number of alkyl halides is 1. The molecule has 36 heavy (non-hydrogen) atoms. The Labute approximate surface area is 207 Å². The molecule has 2 atom stereocenters. The number of likely N-dealkylation sites (tertiary alicyclic amines) is 1. The van der Waals surface area contributed by atoms with E-state index in [0.717, 1.165) is 17.9 Å². The number of benzene rings is 1. The van der Waals surface area contributed by atoms with Gasteiger partial charge in [0.25, 0.3) is 5.91 Å². The van der Waals surface area contributed by atoms with Gasteiger partial charge in [0.1, 0.15) is 35.8 Å². The summed E-state index contributed by atoms with van der Waals surface area (Å²) in [7, 11) is 1.52. The topological polar surface area (TPSA) is 163 Å². The first kappa shape index (κ1) is 24.9. The lowest BCUT2D eigenvalue weighted by atomic mass is 10.0. The number of aromatic nitrogens is 2. The highest BCUT2D eigenvalue weighted by molar-refractivity contribution is 5.93. The third kappa shape index (κ3) is 5.87. The molecular weight excluding hydrogens is 467 g/mol. The number of anilines is 1. The average Bonchev–Trinajstić information content (AvgIpc) is 3.70. The lowest BCUT2D eigenvalue weighted by molar-refractivity contribution is -0.131. The first-order valence-electron chi connectivity index (χ1n) is 11.5. The van der Waals surface area contributed by atoms with E-state index in [9.17, 15) is 19.2 Å². The van der Waals surface area contributed by atoms with Gasteiger partial charge in [0.05, 0.1) is 17.8 Å². The average molecular weight is 495 g/mol. The molecule has 0 radical (unpaired) electrons. The summed E-state index contributed by atoms with van der Waals surface area (Å²) in [6.45, 7) is 0.0472. The van der Waals surface area contributed by atoms with Crippen LogP contribution in [0, 0.1) is 17.2 Å². The van der Waals surface area contributed by atoms with Gasteiger partial charge in [0, 0.05) is 43.8 Å². The maximum Gasteiger partial charge on any atom is 0.271 e. The zero-order chi connectivity index (χ0) is 25.8. The van der Waals surface area contributed by atoms with Gasteiger partial charge in [0.2, 0.25) is 5.91 Å². The smallest absolute Gasteiger partial charge is 0.271 e. The fourth-order valence-corrected chi connectivity index (χ4v) is 3.86. The van der Waals surface area contributed by atoms with Crippen LogP contribution < -0.4 is 21.6 Å². The van der Waals surface area contributed by atoms with Crippen molar-refractivity contribution in [2.75, 3.05) is 25.5 Å². The molecule has 2 amide bonds. The molecule has 2 aromatic rings. The normalized spacial score (nSPS) is 19.8. The number of rotatable bonds is 7. The number of carbonyl (C=O) groups excluding carboxylic acids is 2. The van der Waals surface area contributed by atoms with Crippen LogP contribution in [0.25, 0.3) is 11.3 Å². The van der Waals surface area contributed by atoms with Crippen molar-refractivity contribution in [1.29, 1.82) is 5.26 Å². The molecule has 0 bridgehead atoms. The number of halogens is 1. The molecule has 1 aromatic carbocycles. The molecule has 1 aromatic heterocycles. The van der Waals surface area contributed by atoms with Gasteiger partial charge in [-0.3, -0.25) is 9.59 Å². The highest BCUT2D eigenvalue weighted by Crippen LogP contribution is 2.31. The predicted octanol–water partition coefficient (Wildman–Crippen LogP) is 1.29. The summed E-state index contributed by atoms with van der Waals surface area (Å²) in [5.74, 6) is 5.55. The minimum atomic E-state index is -1.48.